The summed E-state index contributed by atoms with van der Waals surface area (Å²) in [5.74, 6) is 0.0166. The van der Waals surface area contributed by atoms with Gasteiger partial charge in [-0.15, -0.1) is 0 Å². The second kappa shape index (κ2) is 5.67. The van der Waals surface area contributed by atoms with Gasteiger partial charge in [0.15, 0.2) is 0 Å². The maximum atomic E-state index is 12.4. The van der Waals surface area contributed by atoms with Crippen molar-refractivity contribution in [3.05, 3.63) is 34.9 Å². The number of ether oxygens (including phenoxy) is 1. The molecule has 1 aliphatic heterocycles. The standard InChI is InChI=1S/C16H17ClN2O2/c17-12-3-1-11(2-4-12)14(10-18)19-15(20)13-9-16(13)5-7-21-8-6-16/h1-4,13-14H,5-9H2,(H,19,20)/t13-,14-/m0/s1. The highest BCUT2D eigenvalue weighted by Crippen LogP contribution is 2.59. The van der Waals surface area contributed by atoms with Crippen LogP contribution >= 0.6 is 11.6 Å². The average molecular weight is 305 g/mol. The Bertz CT molecular complexity index is 573. The molecule has 3 rings (SSSR count). The van der Waals surface area contributed by atoms with Crippen LogP contribution in [-0.4, -0.2) is 19.1 Å². The van der Waals surface area contributed by atoms with Gasteiger partial charge < -0.3 is 10.1 Å². The van der Waals surface area contributed by atoms with Crippen molar-refractivity contribution in [2.45, 2.75) is 25.3 Å². The van der Waals surface area contributed by atoms with Crippen molar-refractivity contribution in [1.29, 1.82) is 5.26 Å². The number of hydrogen-bond acceptors (Lipinski definition) is 3. The van der Waals surface area contributed by atoms with Crippen molar-refractivity contribution in [3.63, 3.8) is 0 Å². The van der Waals surface area contributed by atoms with E-state index in [-0.39, 0.29) is 17.2 Å². The Morgan fingerprint density at radius 1 is 1.38 bits per heavy atom. The molecule has 1 heterocycles. The van der Waals surface area contributed by atoms with Gasteiger partial charge in [0, 0.05) is 24.2 Å². The number of rotatable bonds is 3. The molecule has 1 saturated carbocycles. The predicted molar refractivity (Wildman–Crippen MR) is 78.5 cm³/mol. The molecule has 1 spiro atoms. The van der Waals surface area contributed by atoms with Gasteiger partial charge in [0.05, 0.1) is 6.07 Å². The molecule has 5 heteroatoms. The third-order valence-electron chi connectivity index (χ3n) is 4.61. The molecule has 0 unspecified atom stereocenters. The van der Waals surface area contributed by atoms with E-state index in [0.29, 0.717) is 5.02 Å². The lowest BCUT2D eigenvalue weighted by atomic mass is 9.93. The number of nitrogens with zero attached hydrogens (tertiary/aromatic N) is 1. The quantitative estimate of drug-likeness (QED) is 0.934. The molecule has 4 nitrogen and oxygen atoms in total. The number of halogens is 1. The van der Waals surface area contributed by atoms with Crippen LogP contribution in [0.25, 0.3) is 0 Å². The molecule has 2 fully saturated rings. The zero-order valence-corrected chi connectivity index (χ0v) is 12.4. The van der Waals surface area contributed by atoms with Crippen LogP contribution in [0.15, 0.2) is 24.3 Å². The van der Waals surface area contributed by atoms with E-state index >= 15 is 0 Å². The first-order valence-electron chi connectivity index (χ1n) is 7.18. The van der Waals surface area contributed by atoms with Crippen molar-refractivity contribution in [3.8, 4) is 6.07 Å². The molecule has 0 radical (unpaired) electrons. The van der Waals surface area contributed by atoms with Crippen molar-refractivity contribution in [1.82, 2.24) is 5.32 Å². The Morgan fingerprint density at radius 2 is 2.05 bits per heavy atom. The molecule has 1 saturated heterocycles. The molecular formula is C16H17ClN2O2. The van der Waals surface area contributed by atoms with E-state index < -0.39 is 6.04 Å². The zero-order chi connectivity index (χ0) is 14.9. The third-order valence-corrected chi connectivity index (χ3v) is 4.87. The molecule has 21 heavy (non-hydrogen) atoms. The minimum absolute atomic E-state index is 0.0154. The summed E-state index contributed by atoms with van der Waals surface area (Å²) < 4.78 is 5.36. The second-order valence-corrected chi connectivity index (χ2v) is 6.29. The van der Waals surface area contributed by atoms with Crippen molar-refractivity contribution >= 4 is 17.5 Å². The molecule has 110 valence electrons. The summed E-state index contributed by atoms with van der Waals surface area (Å²) in [6.07, 6.45) is 2.81. The summed E-state index contributed by atoms with van der Waals surface area (Å²) >= 11 is 5.84. The number of amides is 1. The monoisotopic (exact) mass is 304 g/mol. The lowest BCUT2D eigenvalue weighted by molar-refractivity contribution is -0.124. The first kappa shape index (κ1) is 14.4. The Kier molecular flexibility index (Phi) is 3.88. The third kappa shape index (κ3) is 2.90. The fourth-order valence-corrected chi connectivity index (χ4v) is 3.26. The minimum Gasteiger partial charge on any atom is -0.381 e. The molecule has 2 atom stereocenters. The SMILES string of the molecule is N#C[C@H](NC(=O)[C@@H]1CC12CCOCC2)c1ccc(Cl)cc1. The number of hydrogen-bond donors (Lipinski definition) is 1. The van der Waals surface area contributed by atoms with E-state index in [4.69, 9.17) is 16.3 Å². The molecule has 1 N–H and O–H groups in total. The molecule has 0 bridgehead atoms. The highest BCUT2D eigenvalue weighted by Gasteiger charge is 2.58. The number of carbonyl (C=O) groups excluding carboxylic acids is 1. The Morgan fingerprint density at radius 3 is 2.67 bits per heavy atom. The first-order chi connectivity index (χ1) is 10.1. The maximum Gasteiger partial charge on any atom is 0.224 e. The molecule has 1 aromatic carbocycles. The van der Waals surface area contributed by atoms with Crippen LogP contribution in [0.1, 0.15) is 30.9 Å². The van der Waals surface area contributed by atoms with E-state index in [1.54, 1.807) is 24.3 Å². The van der Waals surface area contributed by atoms with Gasteiger partial charge in [0.1, 0.15) is 6.04 Å². The van der Waals surface area contributed by atoms with Crippen molar-refractivity contribution in [2.75, 3.05) is 13.2 Å². The van der Waals surface area contributed by atoms with Gasteiger partial charge in [-0.25, -0.2) is 0 Å². The summed E-state index contributed by atoms with van der Waals surface area (Å²) in [7, 11) is 0. The van der Waals surface area contributed by atoms with Crippen LogP contribution in [0.4, 0.5) is 0 Å². The van der Waals surface area contributed by atoms with Gasteiger partial charge in [0.25, 0.3) is 0 Å². The van der Waals surface area contributed by atoms with Gasteiger partial charge in [-0.1, -0.05) is 23.7 Å². The molecule has 1 aromatic rings. The van der Waals surface area contributed by atoms with Crippen molar-refractivity contribution in [2.24, 2.45) is 11.3 Å². The number of nitriles is 1. The first-order valence-corrected chi connectivity index (χ1v) is 7.56. The number of nitrogens with one attached hydrogen (secondary N) is 1. The van der Waals surface area contributed by atoms with Gasteiger partial charge in [-0.2, -0.15) is 5.26 Å². The second-order valence-electron chi connectivity index (χ2n) is 5.85. The topological polar surface area (TPSA) is 62.1 Å². The van der Waals surface area contributed by atoms with E-state index in [2.05, 4.69) is 11.4 Å². The molecule has 2 aliphatic rings. The Hall–Kier alpha value is -1.57. The fraction of sp³-hybridized carbons (Fsp3) is 0.500. The lowest BCUT2D eigenvalue weighted by Gasteiger charge is -2.23. The molecule has 1 amide bonds. The molecular weight excluding hydrogens is 288 g/mol. The summed E-state index contributed by atoms with van der Waals surface area (Å²) in [6, 6.07) is 8.52. The average Bonchev–Trinajstić information content (AvgIpc) is 3.20. The van der Waals surface area contributed by atoms with Crippen LogP contribution < -0.4 is 5.32 Å². The summed E-state index contributed by atoms with van der Waals surface area (Å²) in [5, 5.41) is 12.8. The number of carbonyl (C=O) groups is 1. The highest BCUT2D eigenvalue weighted by atomic mass is 35.5. The normalized spacial score (nSPS) is 24.1. The van der Waals surface area contributed by atoms with Gasteiger partial charge >= 0.3 is 0 Å². The number of benzene rings is 1. The van der Waals surface area contributed by atoms with E-state index in [9.17, 15) is 10.1 Å². The van der Waals surface area contributed by atoms with Crippen LogP contribution in [0, 0.1) is 22.7 Å². The van der Waals surface area contributed by atoms with Crippen LogP contribution in [0.5, 0.6) is 0 Å². The van der Waals surface area contributed by atoms with E-state index in [0.717, 1.165) is 38.0 Å². The minimum atomic E-state index is -0.618. The largest absolute Gasteiger partial charge is 0.381 e. The van der Waals surface area contributed by atoms with Gasteiger partial charge in [-0.05, 0) is 42.4 Å². The molecule has 1 aliphatic carbocycles. The Labute approximate surface area is 129 Å². The fourth-order valence-electron chi connectivity index (χ4n) is 3.14. The highest BCUT2D eigenvalue weighted by molar-refractivity contribution is 6.30. The molecule has 0 aromatic heterocycles. The predicted octanol–water partition coefficient (Wildman–Crippen LogP) is 2.84. The van der Waals surface area contributed by atoms with Gasteiger partial charge in [0.2, 0.25) is 5.91 Å². The van der Waals surface area contributed by atoms with E-state index in [1.165, 1.54) is 0 Å². The van der Waals surface area contributed by atoms with Crippen molar-refractivity contribution < 1.29 is 9.53 Å². The van der Waals surface area contributed by atoms with Crippen LogP contribution in [-0.2, 0) is 9.53 Å². The Balaban J connectivity index is 1.64. The smallest absolute Gasteiger partial charge is 0.224 e. The maximum absolute atomic E-state index is 12.4. The summed E-state index contributed by atoms with van der Waals surface area (Å²) in [6.45, 7) is 1.48. The summed E-state index contributed by atoms with van der Waals surface area (Å²) in [4.78, 5) is 12.4. The van der Waals surface area contributed by atoms with Gasteiger partial charge in [-0.3, -0.25) is 4.79 Å². The lowest BCUT2D eigenvalue weighted by Crippen LogP contribution is -2.32. The van der Waals surface area contributed by atoms with Crippen LogP contribution in [0.2, 0.25) is 5.02 Å². The van der Waals surface area contributed by atoms with Crippen LogP contribution in [0.3, 0.4) is 0 Å². The van der Waals surface area contributed by atoms with E-state index in [1.807, 2.05) is 0 Å². The zero-order valence-electron chi connectivity index (χ0n) is 11.6. The summed E-state index contributed by atoms with van der Waals surface area (Å²) in [5.41, 5.74) is 0.888.